The molecule has 2 rings (SSSR count). The lowest BCUT2D eigenvalue weighted by Gasteiger charge is -2.37. The van der Waals surface area contributed by atoms with E-state index >= 15 is 0 Å². The third kappa shape index (κ3) is 3.07. The van der Waals surface area contributed by atoms with Crippen molar-refractivity contribution in [2.45, 2.75) is 32.2 Å². The Labute approximate surface area is 106 Å². The molecule has 0 spiro atoms. The van der Waals surface area contributed by atoms with Crippen LogP contribution in [0.3, 0.4) is 0 Å². The number of aliphatic carboxylic acids is 1. The summed E-state index contributed by atoms with van der Waals surface area (Å²) >= 11 is 1.75. The third-order valence-corrected chi connectivity index (χ3v) is 4.45. The molecular weight excluding hydrogens is 234 g/mol. The summed E-state index contributed by atoms with van der Waals surface area (Å²) in [6.45, 7) is 3.84. The molecule has 1 aliphatic heterocycles. The van der Waals surface area contributed by atoms with E-state index in [1.807, 2.05) is 6.07 Å². The van der Waals surface area contributed by atoms with Gasteiger partial charge in [-0.15, -0.1) is 11.3 Å². The second kappa shape index (κ2) is 5.65. The Kier molecular flexibility index (Phi) is 4.18. The predicted molar refractivity (Wildman–Crippen MR) is 69.4 cm³/mol. The largest absolute Gasteiger partial charge is 0.480 e. The van der Waals surface area contributed by atoms with Gasteiger partial charge < -0.3 is 5.11 Å². The van der Waals surface area contributed by atoms with Crippen molar-refractivity contribution in [2.24, 2.45) is 5.92 Å². The molecule has 4 heteroatoms. The fraction of sp³-hybridized carbons (Fsp3) is 0.615. The summed E-state index contributed by atoms with van der Waals surface area (Å²) in [5, 5.41) is 11.4. The topological polar surface area (TPSA) is 40.5 Å². The average molecular weight is 253 g/mol. The SMILES string of the molecule is CC1CCCN(CCc2cccs2)C1C(=O)O. The maximum Gasteiger partial charge on any atom is 0.321 e. The van der Waals surface area contributed by atoms with Gasteiger partial charge in [0.1, 0.15) is 6.04 Å². The Morgan fingerprint density at radius 1 is 1.65 bits per heavy atom. The van der Waals surface area contributed by atoms with Gasteiger partial charge in [0, 0.05) is 11.4 Å². The van der Waals surface area contributed by atoms with Gasteiger partial charge in [0.05, 0.1) is 0 Å². The van der Waals surface area contributed by atoms with Crippen molar-refractivity contribution in [2.75, 3.05) is 13.1 Å². The van der Waals surface area contributed by atoms with Crippen LogP contribution in [0.1, 0.15) is 24.6 Å². The molecule has 3 nitrogen and oxygen atoms in total. The summed E-state index contributed by atoms with van der Waals surface area (Å²) < 4.78 is 0. The van der Waals surface area contributed by atoms with E-state index in [0.717, 1.165) is 32.4 Å². The molecule has 2 heterocycles. The van der Waals surface area contributed by atoms with E-state index in [-0.39, 0.29) is 12.0 Å². The molecule has 0 radical (unpaired) electrons. The fourth-order valence-electron chi connectivity index (χ4n) is 2.63. The van der Waals surface area contributed by atoms with Crippen LogP contribution in [0, 0.1) is 5.92 Å². The Balaban J connectivity index is 1.95. The number of rotatable bonds is 4. The lowest BCUT2D eigenvalue weighted by atomic mass is 9.90. The van der Waals surface area contributed by atoms with Crippen molar-refractivity contribution in [1.82, 2.24) is 4.90 Å². The van der Waals surface area contributed by atoms with Crippen LogP contribution < -0.4 is 0 Å². The molecule has 0 aliphatic carbocycles. The van der Waals surface area contributed by atoms with Crippen LogP contribution in [-0.2, 0) is 11.2 Å². The maximum absolute atomic E-state index is 11.3. The molecule has 94 valence electrons. The minimum Gasteiger partial charge on any atom is -0.480 e. The first-order valence-corrected chi connectivity index (χ1v) is 7.05. The lowest BCUT2D eigenvalue weighted by Crippen LogP contribution is -2.49. The zero-order valence-corrected chi connectivity index (χ0v) is 10.9. The maximum atomic E-state index is 11.3. The molecule has 0 saturated carbocycles. The van der Waals surface area contributed by atoms with Crippen LogP contribution in [-0.4, -0.2) is 35.1 Å². The van der Waals surface area contributed by atoms with Crippen LogP contribution in [0.4, 0.5) is 0 Å². The lowest BCUT2D eigenvalue weighted by molar-refractivity contribution is -0.146. The first-order valence-electron chi connectivity index (χ1n) is 6.17. The molecule has 2 atom stereocenters. The Bertz CT molecular complexity index is 364. The van der Waals surface area contributed by atoms with Crippen molar-refractivity contribution < 1.29 is 9.90 Å². The number of carboxylic acids is 1. The summed E-state index contributed by atoms with van der Waals surface area (Å²) in [4.78, 5) is 14.8. The molecule has 0 bridgehead atoms. The van der Waals surface area contributed by atoms with E-state index in [0.29, 0.717) is 0 Å². The zero-order chi connectivity index (χ0) is 12.3. The molecule has 2 unspecified atom stereocenters. The van der Waals surface area contributed by atoms with E-state index in [1.165, 1.54) is 4.88 Å². The molecule has 1 aliphatic rings. The van der Waals surface area contributed by atoms with Gasteiger partial charge in [-0.25, -0.2) is 0 Å². The Hall–Kier alpha value is -0.870. The number of piperidine rings is 1. The Morgan fingerprint density at radius 2 is 2.47 bits per heavy atom. The van der Waals surface area contributed by atoms with Crippen molar-refractivity contribution in [3.63, 3.8) is 0 Å². The number of carbonyl (C=O) groups is 1. The minimum absolute atomic E-state index is 0.268. The van der Waals surface area contributed by atoms with Crippen LogP contribution in [0.5, 0.6) is 0 Å². The van der Waals surface area contributed by atoms with Crippen LogP contribution in [0.15, 0.2) is 17.5 Å². The minimum atomic E-state index is -0.664. The fourth-order valence-corrected chi connectivity index (χ4v) is 3.33. The van der Waals surface area contributed by atoms with E-state index in [2.05, 4.69) is 23.3 Å². The van der Waals surface area contributed by atoms with Gasteiger partial charge in [-0.3, -0.25) is 9.69 Å². The molecule has 1 saturated heterocycles. The molecule has 1 N–H and O–H groups in total. The van der Waals surface area contributed by atoms with Gasteiger partial charge in [-0.1, -0.05) is 13.0 Å². The zero-order valence-electron chi connectivity index (χ0n) is 10.1. The number of thiophene rings is 1. The predicted octanol–water partition coefficient (Wildman–Crippen LogP) is 2.48. The van der Waals surface area contributed by atoms with Gasteiger partial charge in [0.2, 0.25) is 0 Å². The van der Waals surface area contributed by atoms with Crippen molar-refractivity contribution in [3.8, 4) is 0 Å². The van der Waals surface area contributed by atoms with Gasteiger partial charge in [0.15, 0.2) is 0 Å². The number of hydrogen-bond acceptors (Lipinski definition) is 3. The highest BCUT2D eigenvalue weighted by Crippen LogP contribution is 2.24. The van der Waals surface area contributed by atoms with Crippen molar-refractivity contribution >= 4 is 17.3 Å². The summed E-state index contributed by atoms with van der Waals surface area (Å²) in [5.41, 5.74) is 0. The second-order valence-electron chi connectivity index (χ2n) is 4.77. The highest BCUT2D eigenvalue weighted by molar-refractivity contribution is 7.09. The smallest absolute Gasteiger partial charge is 0.321 e. The van der Waals surface area contributed by atoms with Gasteiger partial charge in [-0.2, -0.15) is 0 Å². The molecule has 1 aromatic rings. The summed E-state index contributed by atoms with van der Waals surface area (Å²) in [5.74, 6) is -0.395. The first-order chi connectivity index (χ1) is 8.18. The molecule has 17 heavy (non-hydrogen) atoms. The molecule has 0 amide bonds. The number of hydrogen-bond donors (Lipinski definition) is 1. The van der Waals surface area contributed by atoms with Gasteiger partial charge in [0.25, 0.3) is 0 Å². The van der Waals surface area contributed by atoms with Crippen LogP contribution >= 0.6 is 11.3 Å². The molecule has 1 aromatic heterocycles. The highest BCUT2D eigenvalue weighted by Gasteiger charge is 2.33. The quantitative estimate of drug-likeness (QED) is 0.896. The third-order valence-electron chi connectivity index (χ3n) is 3.52. The summed E-state index contributed by atoms with van der Waals surface area (Å²) in [7, 11) is 0. The Morgan fingerprint density at radius 3 is 3.12 bits per heavy atom. The van der Waals surface area contributed by atoms with Crippen molar-refractivity contribution in [3.05, 3.63) is 22.4 Å². The van der Waals surface area contributed by atoms with E-state index < -0.39 is 5.97 Å². The summed E-state index contributed by atoms with van der Waals surface area (Å²) in [6.07, 6.45) is 3.12. The standard InChI is InChI=1S/C13H19NO2S/c1-10-4-2-7-14(12(10)13(15)16)8-6-11-5-3-9-17-11/h3,5,9-10,12H,2,4,6-8H2,1H3,(H,15,16). The number of nitrogens with zero attached hydrogens (tertiary/aromatic N) is 1. The molecule has 1 fully saturated rings. The molecular formula is C13H19NO2S. The normalized spacial score (nSPS) is 25.9. The van der Waals surface area contributed by atoms with Crippen LogP contribution in [0.25, 0.3) is 0 Å². The van der Waals surface area contributed by atoms with Gasteiger partial charge >= 0.3 is 5.97 Å². The average Bonchev–Trinajstić information content (AvgIpc) is 2.78. The van der Waals surface area contributed by atoms with E-state index in [9.17, 15) is 9.90 Å². The molecule has 0 aromatic carbocycles. The van der Waals surface area contributed by atoms with E-state index in [1.54, 1.807) is 11.3 Å². The second-order valence-corrected chi connectivity index (χ2v) is 5.80. The van der Waals surface area contributed by atoms with Crippen molar-refractivity contribution in [1.29, 1.82) is 0 Å². The monoisotopic (exact) mass is 253 g/mol. The first kappa shape index (κ1) is 12.6. The number of likely N-dealkylation sites (tertiary alicyclic amines) is 1. The van der Waals surface area contributed by atoms with Crippen LogP contribution in [0.2, 0.25) is 0 Å². The highest BCUT2D eigenvalue weighted by atomic mass is 32.1. The van der Waals surface area contributed by atoms with Gasteiger partial charge in [-0.05, 0) is 43.2 Å². The van der Waals surface area contributed by atoms with E-state index in [4.69, 9.17) is 0 Å². The summed E-state index contributed by atoms with van der Waals surface area (Å²) in [6, 6.07) is 3.88. The number of carboxylic acid groups (broad SMARTS) is 1.